The van der Waals surface area contributed by atoms with Gasteiger partial charge in [0.05, 0.1) is 52.5 Å². The van der Waals surface area contributed by atoms with Crippen molar-refractivity contribution < 1.29 is 80.6 Å². The van der Waals surface area contributed by atoms with Crippen LogP contribution < -0.4 is 15.1 Å². The Hall–Kier alpha value is -5.07. The fourth-order valence-corrected chi connectivity index (χ4v) is 6.60. The van der Waals surface area contributed by atoms with Gasteiger partial charge in [0.25, 0.3) is 17.6 Å². The summed E-state index contributed by atoms with van der Waals surface area (Å²) in [4.78, 5) is 89.8. The van der Waals surface area contributed by atoms with Crippen molar-refractivity contribution >= 4 is 50.0 Å². The summed E-state index contributed by atoms with van der Waals surface area (Å²) in [5, 5.41) is 5.13. The van der Waals surface area contributed by atoms with E-state index >= 15 is 0 Å². The monoisotopic (exact) mass is 866 g/mol. The molecule has 1 saturated heterocycles. The molecular formula is C40H58N2O17Si. The number of hydrogen-bond acceptors (Lipinski definition) is 17. The summed E-state index contributed by atoms with van der Waals surface area (Å²) in [5.74, 6) is -5.73. The smallest absolute Gasteiger partial charge is 0.366 e. The number of terminal acetylenes is 1. The number of ether oxygens (including phenoxy) is 9. The van der Waals surface area contributed by atoms with Gasteiger partial charge in [-0.15, -0.1) is 6.42 Å². The molecule has 0 aliphatic carbocycles. The summed E-state index contributed by atoms with van der Waals surface area (Å²) < 4.78 is 56.1. The van der Waals surface area contributed by atoms with Crippen LogP contribution in [-0.4, -0.2) is 140 Å². The minimum Gasteiger partial charge on any atom is -0.544 e. The molecule has 1 aliphatic heterocycles. The van der Waals surface area contributed by atoms with Crippen LogP contribution in [0, 0.1) is 12.3 Å². The third-order valence-corrected chi connectivity index (χ3v) is 13.6. The third-order valence-electron chi connectivity index (χ3n) is 9.29. The average Bonchev–Trinajstić information content (AvgIpc) is 3.15. The minimum atomic E-state index is -2.43. The molecule has 334 valence electrons. The molecule has 1 fully saturated rings. The van der Waals surface area contributed by atoms with Crippen molar-refractivity contribution in [3.63, 3.8) is 0 Å². The molecule has 60 heavy (non-hydrogen) atoms. The summed E-state index contributed by atoms with van der Waals surface area (Å²) in [5.41, 5.74) is 0.200. The lowest BCUT2D eigenvalue weighted by atomic mass is 9.87. The Bertz CT molecular complexity index is 1690. The van der Waals surface area contributed by atoms with Crippen LogP contribution in [0.1, 0.15) is 65.2 Å². The zero-order valence-corrected chi connectivity index (χ0v) is 36.9. The summed E-state index contributed by atoms with van der Waals surface area (Å²) in [6.45, 7) is 13.2. The molecule has 0 aromatic heterocycles. The Morgan fingerprint density at radius 1 is 0.900 bits per heavy atom. The Morgan fingerprint density at radius 2 is 1.52 bits per heavy atom. The molecule has 2 amide bonds. The highest BCUT2D eigenvalue weighted by Crippen LogP contribution is 2.38. The van der Waals surface area contributed by atoms with Crippen molar-refractivity contribution in [3.05, 3.63) is 29.8 Å². The van der Waals surface area contributed by atoms with E-state index in [1.54, 1.807) is 24.3 Å². The zero-order valence-electron chi connectivity index (χ0n) is 35.9. The van der Waals surface area contributed by atoms with E-state index < -0.39 is 106 Å². The van der Waals surface area contributed by atoms with E-state index in [1.165, 1.54) is 0 Å². The summed E-state index contributed by atoms with van der Waals surface area (Å²) in [6.07, 6.45) is -2.07. The minimum absolute atomic E-state index is 0.0678. The first-order chi connectivity index (χ1) is 28.0. The van der Waals surface area contributed by atoms with Crippen molar-refractivity contribution in [1.82, 2.24) is 10.6 Å². The zero-order chi connectivity index (χ0) is 45.3. The Balaban J connectivity index is 2.62. The van der Waals surface area contributed by atoms with Gasteiger partial charge in [0.15, 0.2) is 18.8 Å². The number of methoxy groups -OCH3 is 1. The van der Waals surface area contributed by atoms with Gasteiger partial charge in [0, 0.05) is 33.3 Å². The lowest BCUT2D eigenvalue weighted by molar-refractivity contribution is -0.315. The van der Waals surface area contributed by atoms with E-state index in [2.05, 4.69) is 50.4 Å². The maximum atomic E-state index is 13.6. The summed E-state index contributed by atoms with van der Waals surface area (Å²) in [6, 6.07) is 4.87. The molecule has 0 saturated carbocycles. The number of carbonyl (C=O) groups excluding carboxylic acids is 7. The van der Waals surface area contributed by atoms with Crippen LogP contribution >= 0.6 is 0 Å². The molecule has 2 rings (SSSR count). The number of carbonyl (C=O) groups is 7. The first kappa shape index (κ1) is 51.1. The van der Waals surface area contributed by atoms with E-state index in [9.17, 15) is 33.6 Å². The standard InChI is InChI=1S/C40H58N2O17Si/c1-12-17-51-18-19-52-20-21-54-40(38(49)50-9)22-31(55-26(3)44)34(42-33(47)24-53-25(2)43)36(58-40)35(57-28(5)46)32(56-27(4)45)23-41-37(48)29-13-15-30(16-14-29)59-60(10,11)39(6,7)8/h1,13-16,31-32,34-36H,17-24H2,2-11H3,(H,41,48)(H,42,47)/t31-,32+,34+,35+,36+,40+/m0/s1. The van der Waals surface area contributed by atoms with Gasteiger partial charge in [-0.2, -0.15) is 0 Å². The van der Waals surface area contributed by atoms with Crippen LogP contribution in [-0.2, 0) is 71.4 Å². The van der Waals surface area contributed by atoms with Crippen LogP contribution in [0.15, 0.2) is 24.3 Å². The van der Waals surface area contributed by atoms with Crippen LogP contribution in [0.2, 0.25) is 18.1 Å². The van der Waals surface area contributed by atoms with Crippen LogP contribution in [0.25, 0.3) is 0 Å². The highest BCUT2D eigenvalue weighted by molar-refractivity contribution is 6.74. The highest BCUT2D eigenvalue weighted by Gasteiger charge is 2.59. The molecule has 0 radical (unpaired) electrons. The van der Waals surface area contributed by atoms with Crippen molar-refractivity contribution in [2.75, 3.05) is 53.3 Å². The number of hydrogen-bond donors (Lipinski definition) is 2. The Kier molecular flexibility index (Phi) is 20.1. The molecule has 6 atom stereocenters. The molecule has 0 bridgehead atoms. The van der Waals surface area contributed by atoms with Gasteiger partial charge in [-0.1, -0.05) is 26.7 Å². The molecule has 20 heteroatoms. The maximum Gasteiger partial charge on any atom is 0.366 e. The predicted molar refractivity (Wildman–Crippen MR) is 212 cm³/mol. The predicted octanol–water partition coefficient (Wildman–Crippen LogP) is 1.98. The highest BCUT2D eigenvalue weighted by atomic mass is 28.4. The Morgan fingerprint density at radius 3 is 2.07 bits per heavy atom. The second kappa shape index (κ2) is 23.6. The average molecular weight is 867 g/mol. The molecule has 1 aromatic carbocycles. The van der Waals surface area contributed by atoms with E-state index in [4.69, 9.17) is 53.5 Å². The second-order valence-electron chi connectivity index (χ2n) is 15.1. The molecular weight excluding hydrogens is 809 g/mol. The molecule has 1 aliphatic rings. The number of rotatable bonds is 22. The molecule has 1 aromatic rings. The topological polar surface area (TPSA) is 236 Å². The van der Waals surface area contributed by atoms with Gasteiger partial charge >= 0.3 is 29.8 Å². The van der Waals surface area contributed by atoms with Crippen molar-refractivity contribution in [2.24, 2.45) is 0 Å². The number of amides is 2. The maximum absolute atomic E-state index is 13.6. The van der Waals surface area contributed by atoms with Crippen LogP contribution in [0.3, 0.4) is 0 Å². The van der Waals surface area contributed by atoms with Crippen LogP contribution in [0.4, 0.5) is 0 Å². The fourth-order valence-electron chi connectivity index (χ4n) is 5.57. The van der Waals surface area contributed by atoms with Gasteiger partial charge in [0.2, 0.25) is 8.32 Å². The normalized spacial score (nSPS) is 19.9. The van der Waals surface area contributed by atoms with Gasteiger partial charge in [-0.25, -0.2) is 4.79 Å². The number of benzene rings is 1. The summed E-state index contributed by atoms with van der Waals surface area (Å²) >= 11 is 0. The van der Waals surface area contributed by atoms with Crippen molar-refractivity contribution in [3.8, 4) is 18.1 Å². The van der Waals surface area contributed by atoms with Gasteiger partial charge < -0.3 is 57.7 Å². The van der Waals surface area contributed by atoms with Crippen molar-refractivity contribution in [2.45, 2.75) is 109 Å². The number of nitrogens with one attached hydrogen (secondary N) is 2. The SMILES string of the molecule is C#CCOCCOCCO[C@]1(C(=O)OC)C[C@H](OC(C)=O)[C@@H](NC(=O)COC(C)=O)[C@H]([C@H](OC(C)=O)[C@@H](CNC(=O)c2ccc(O[Si](C)(C)C(C)(C)C)cc2)OC(C)=O)O1. The molecule has 0 unspecified atom stereocenters. The van der Waals surface area contributed by atoms with Crippen molar-refractivity contribution in [1.29, 1.82) is 0 Å². The quantitative estimate of drug-likeness (QED) is 0.0557. The molecule has 0 spiro atoms. The van der Waals surface area contributed by atoms with Gasteiger partial charge in [0.1, 0.15) is 24.6 Å². The van der Waals surface area contributed by atoms with Crippen LogP contribution in [0.5, 0.6) is 5.75 Å². The van der Waals surface area contributed by atoms with E-state index in [0.29, 0.717) is 5.75 Å². The molecule has 2 N–H and O–H groups in total. The molecule has 1 heterocycles. The van der Waals surface area contributed by atoms with E-state index in [-0.39, 0.29) is 43.6 Å². The first-order valence-electron chi connectivity index (χ1n) is 19.1. The fraction of sp³-hybridized carbons (Fsp3) is 0.625. The van der Waals surface area contributed by atoms with Gasteiger partial charge in [-0.3, -0.25) is 28.8 Å². The third kappa shape index (κ3) is 16.2. The van der Waals surface area contributed by atoms with Gasteiger partial charge in [-0.05, 0) is 42.4 Å². The second-order valence-corrected chi connectivity index (χ2v) is 19.8. The lowest BCUT2D eigenvalue weighted by Gasteiger charge is -2.48. The van der Waals surface area contributed by atoms with E-state index in [1.807, 2.05) is 0 Å². The molecule has 19 nitrogen and oxygen atoms in total. The first-order valence-corrected chi connectivity index (χ1v) is 22.0. The number of esters is 5. The van der Waals surface area contributed by atoms with E-state index in [0.717, 1.165) is 34.8 Å². The largest absolute Gasteiger partial charge is 0.544 e. The Labute approximate surface area is 351 Å². The lowest BCUT2D eigenvalue weighted by Crippen LogP contribution is -2.70. The summed E-state index contributed by atoms with van der Waals surface area (Å²) in [7, 11) is -1.16.